The molecule has 0 atom stereocenters. The number of thiazole rings is 1. The maximum atomic E-state index is 4.70. The molecule has 7 nitrogen and oxygen atoms in total. The Balaban J connectivity index is 1.62. The van der Waals surface area contributed by atoms with Gasteiger partial charge in [-0.15, -0.1) is 11.3 Å². The molecule has 3 aromatic rings. The largest absolute Gasteiger partial charge is 0.357 e. The van der Waals surface area contributed by atoms with Crippen molar-refractivity contribution in [3.8, 4) is 0 Å². The van der Waals surface area contributed by atoms with Crippen molar-refractivity contribution in [2.75, 3.05) is 6.54 Å². The number of nitrogens with zero attached hydrogens (tertiary/aromatic N) is 5. The maximum absolute atomic E-state index is 4.70. The monoisotopic (exact) mass is 383 g/mol. The Hall–Kier alpha value is -2.74. The summed E-state index contributed by atoms with van der Waals surface area (Å²) in [5.41, 5.74) is 3.44. The van der Waals surface area contributed by atoms with E-state index < -0.39 is 0 Å². The lowest BCUT2D eigenvalue weighted by atomic mass is 10.1. The number of rotatable bonds is 7. The third-order valence-electron chi connectivity index (χ3n) is 4.05. The van der Waals surface area contributed by atoms with Crippen molar-refractivity contribution < 1.29 is 0 Å². The zero-order chi connectivity index (χ0) is 19.1. The highest BCUT2D eigenvalue weighted by molar-refractivity contribution is 7.11. The first-order chi connectivity index (χ1) is 13.1. The van der Waals surface area contributed by atoms with Crippen LogP contribution in [0.3, 0.4) is 0 Å². The summed E-state index contributed by atoms with van der Waals surface area (Å²) in [6.45, 7) is 9.01. The van der Waals surface area contributed by atoms with E-state index in [2.05, 4.69) is 63.8 Å². The lowest BCUT2D eigenvalue weighted by Gasteiger charge is -2.10. The summed E-state index contributed by atoms with van der Waals surface area (Å²) in [5.74, 6) is 0.796. The predicted molar refractivity (Wildman–Crippen MR) is 109 cm³/mol. The Bertz CT molecular complexity index is 864. The van der Waals surface area contributed by atoms with Gasteiger partial charge in [0.1, 0.15) is 17.7 Å². The number of guanidine groups is 1. The van der Waals surface area contributed by atoms with Gasteiger partial charge in [-0.25, -0.2) is 19.6 Å². The molecule has 2 N–H and O–H groups in total. The van der Waals surface area contributed by atoms with Gasteiger partial charge in [0.05, 0.1) is 25.3 Å². The van der Waals surface area contributed by atoms with Crippen molar-refractivity contribution in [3.05, 3.63) is 63.6 Å². The van der Waals surface area contributed by atoms with Crippen molar-refractivity contribution in [2.45, 2.75) is 40.4 Å². The average Bonchev–Trinajstić information content (AvgIpc) is 3.28. The molecule has 0 radical (unpaired) electrons. The van der Waals surface area contributed by atoms with Crippen molar-refractivity contribution >= 4 is 17.3 Å². The Labute approximate surface area is 163 Å². The van der Waals surface area contributed by atoms with Gasteiger partial charge < -0.3 is 10.6 Å². The molecule has 142 valence electrons. The Morgan fingerprint density at radius 1 is 1.22 bits per heavy atom. The highest BCUT2D eigenvalue weighted by Gasteiger charge is 2.05. The molecular formula is C19H25N7S. The summed E-state index contributed by atoms with van der Waals surface area (Å²) in [6, 6.07) is 8.39. The third kappa shape index (κ3) is 5.62. The van der Waals surface area contributed by atoms with Crippen molar-refractivity contribution in [3.63, 3.8) is 0 Å². The van der Waals surface area contributed by atoms with Gasteiger partial charge >= 0.3 is 0 Å². The van der Waals surface area contributed by atoms with Crippen LogP contribution in [0.2, 0.25) is 0 Å². The van der Waals surface area contributed by atoms with Crippen LogP contribution in [0.15, 0.2) is 41.9 Å². The quantitative estimate of drug-likeness (QED) is 0.484. The van der Waals surface area contributed by atoms with E-state index >= 15 is 0 Å². The Kier molecular flexibility index (Phi) is 6.54. The van der Waals surface area contributed by atoms with Gasteiger partial charge in [0.15, 0.2) is 5.96 Å². The summed E-state index contributed by atoms with van der Waals surface area (Å²) in [6.07, 6.45) is 3.27. The Morgan fingerprint density at radius 2 is 2.07 bits per heavy atom. The van der Waals surface area contributed by atoms with Gasteiger partial charge in [-0.1, -0.05) is 24.3 Å². The first-order valence-corrected chi connectivity index (χ1v) is 9.81. The average molecular weight is 384 g/mol. The number of aliphatic imine (C=N–C) groups is 1. The van der Waals surface area contributed by atoms with E-state index in [1.54, 1.807) is 24.0 Å². The van der Waals surface area contributed by atoms with Gasteiger partial charge in [-0.05, 0) is 31.9 Å². The first kappa shape index (κ1) is 19.0. The van der Waals surface area contributed by atoms with Crippen LogP contribution in [-0.2, 0) is 19.6 Å². The number of aromatic nitrogens is 4. The summed E-state index contributed by atoms with van der Waals surface area (Å²) < 4.78 is 1.81. The zero-order valence-corrected chi connectivity index (χ0v) is 16.8. The van der Waals surface area contributed by atoms with Crippen molar-refractivity contribution in [1.29, 1.82) is 0 Å². The fourth-order valence-electron chi connectivity index (χ4n) is 2.61. The molecule has 0 saturated carbocycles. The molecule has 0 amide bonds. The molecule has 2 heterocycles. The van der Waals surface area contributed by atoms with E-state index in [1.807, 2.05) is 11.6 Å². The molecule has 8 heteroatoms. The van der Waals surface area contributed by atoms with Crippen LogP contribution in [0.4, 0.5) is 0 Å². The zero-order valence-electron chi connectivity index (χ0n) is 15.9. The van der Waals surface area contributed by atoms with Crippen LogP contribution in [0, 0.1) is 13.8 Å². The van der Waals surface area contributed by atoms with Gasteiger partial charge in [0.2, 0.25) is 0 Å². The molecule has 0 bridgehead atoms. The van der Waals surface area contributed by atoms with Crippen molar-refractivity contribution in [2.24, 2.45) is 4.99 Å². The van der Waals surface area contributed by atoms with Crippen LogP contribution in [0.1, 0.15) is 33.6 Å². The van der Waals surface area contributed by atoms with Crippen LogP contribution >= 0.6 is 11.3 Å². The van der Waals surface area contributed by atoms with Crippen LogP contribution in [0.25, 0.3) is 0 Å². The molecule has 0 fully saturated rings. The lowest BCUT2D eigenvalue weighted by Crippen LogP contribution is -2.36. The minimum absolute atomic E-state index is 0.608. The normalized spacial score (nSPS) is 11.6. The predicted octanol–water partition coefficient (Wildman–Crippen LogP) is 2.66. The second kappa shape index (κ2) is 9.27. The molecule has 0 saturated heterocycles. The van der Waals surface area contributed by atoms with E-state index in [0.717, 1.165) is 28.8 Å². The highest BCUT2D eigenvalue weighted by atomic mass is 32.1. The topological polar surface area (TPSA) is 80.0 Å². The molecule has 27 heavy (non-hydrogen) atoms. The minimum Gasteiger partial charge on any atom is -0.357 e. The number of hydrogen-bond acceptors (Lipinski definition) is 5. The molecule has 0 spiro atoms. The molecule has 2 aromatic heterocycles. The first-order valence-electron chi connectivity index (χ1n) is 8.99. The number of nitrogens with one attached hydrogen (secondary N) is 2. The van der Waals surface area contributed by atoms with Crippen LogP contribution in [0.5, 0.6) is 0 Å². The van der Waals surface area contributed by atoms with Gasteiger partial charge in [-0.2, -0.15) is 5.10 Å². The summed E-state index contributed by atoms with van der Waals surface area (Å²) >= 11 is 1.72. The third-order valence-corrected chi connectivity index (χ3v) is 5.12. The van der Waals surface area contributed by atoms with E-state index in [4.69, 9.17) is 4.99 Å². The summed E-state index contributed by atoms with van der Waals surface area (Å²) in [5, 5.41) is 11.9. The van der Waals surface area contributed by atoms with E-state index in [-0.39, 0.29) is 0 Å². The molecule has 0 aliphatic carbocycles. The molecular weight excluding hydrogens is 358 g/mol. The molecule has 3 rings (SSSR count). The number of benzene rings is 1. The molecule has 1 aromatic carbocycles. The van der Waals surface area contributed by atoms with Gasteiger partial charge in [-0.3, -0.25) is 0 Å². The molecule has 0 aliphatic heterocycles. The SMILES string of the molecule is CCNC(=NCc1cccc(Cn2cncn2)c1)NCc1nc(C)c(C)s1. The number of hydrogen-bond donors (Lipinski definition) is 2. The standard InChI is InChI=1S/C19H25N7S/c1-4-21-19(23-10-18-25-14(2)15(3)27-18)22-9-16-6-5-7-17(8-16)11-26-13-20-12-24-26/h5-8,12-13H,4,9-11H2,1-3H3,(H2,21,22,23). The summed E-state index contributed by atoms with van der Waals surface area (Å²) in [4.78, 5) is 14.5. The second-order valence-electron chi connectivity index (χ2n) is 6.21. The smallest absolute Gasteiger partial charge is 0.191 e. The van der Waals surface area contributed by atoms with E-state index in [0.29, 0.717) is 19.6 Å². The Morgan fingerprint density at radius 3 is 2.78 bits per heavy atom. The van der Waals surface area contributed by atoms with Gasteiger partial charge in [0, 0.05) is 11.4 Å². The van der Waals surface area contributed by atoms with Gasteiger partial charge in [0.25, 0.3) is 0 Å². The maximum Gasteiger partial charge on any atom is 0.191 e. The molecule has 0 aliphatic rings. The van der Waals surface area contributed by atoms with E-state index in [1.165, 1.54) is 10.4 Å². The van der Waals surface area contributed by atoms with Crippen LogP contribution < -0.4 is 10.6 Å². The highest BCUT2D eigenvalue weighted by Crippen LogP contribution is 2.16. The van der Waals surface area contributed by atoms with E-state index in [9.17, 15) is 0 Å². The summed E-state index contributed by atoms with van der Waals surface area (Å²) in [7, 11) is 0. The minimum atomic E-state index is 0.608. The van der Waals surface area contributed by atoms with Crippen molar-refractivity contribution in [1.82, 2.24) is 30.4 Å². The fourth-order valence-corrected chi connectivity index (χ4v) is 3.49. The number of aryl methyl sites for hydroxylation is 2. The molecule has 0 unspecified atom stereocenters. The van der Waals surface area contributed by atoms with Crippen LogP contribution in [-0.4, -0.2) is 32.3 Å². The fraction of sp³-hybridized carbons (Fsp3) is 0.368. The second-order valence-corrected chi connectivity index (χ2v) is 7.50. The lowest BCUT2D eigenvalue weighted by molar-refractivity contribution is 0.684.